The van der Waals surface area contributed by atoms with Crippen LogP contribution in [0.15, 0.2) is 96.0 Å². The minimum absolute atomic E-state index is 0.560. The van der Waals surface area contributed by atoms with Gasteiger partial charge in [-0.1, -0.05) is 89.2 Å². The van der Waals surface area contributed by atoms with Gasteiger partial charge in [0, 0.05) is 4.47 Å². The first kappa shape index (κ1) is 18.5. The van der Waals surface area contributed by atoms with Gasteiger partial charge in [0.1, 0.15) is 12.4 Å². The van der Waals surface area contributed by atoms with E-state index in [4.69, 9.17) is 4.74 Å². The van der Waals surface area contributed by atoms with Crippen LogP contribution in [-0.4, -0.2) is 0 Å². The lowest BCUT2D eigenvalue weighted by Gasteiger charge is -2.09. The van der Waals surface area contributed by atoms with Gasteiger partial charge in [0.05, 0.1) is 0 Å². The van der Waals surface area contributed by atoms with Crippen LogP contribution in [0.2, 0.25) is 0 Å². The fourth-order valence-electron chi connectivity index (χ4n) is 3.23. The average Bonchev–Trinajstić information content (AvgIpc) is 2.74. The smallest absolute Gasteiger partial charge is 0.120 e. The summed E-state index contributed by atoms with van der Waals surface area (Å²) in [6.45, 7) is 4.34. The molecule has 0 radical (unpaired) electrons. The van der Waals surface area contributed by atoms with Gasteiger partial charge in [0.25, 0.3) is 0 Å². The summed E-state index contributed by atoms with van der Waals surface area (Å²) in [5.41, 5.74) is 4.89. The van der Waals surface area contributed by atoms with Crippen molar-refractivity contribution in [3.05, 3.63) is 118 Å². The summed E-state index contributed by atoms with van der Waals surface area (Å²) in [7, 11) is 0. The Labute approximate surface area is 174 Å². The van der Waals surface area contributed by atoms with Gasteiger partial charge < -0.3 is 4.74 Å². The van der Waals surface area contributed by atoms with Crippen molar-refractivity contribution in [1.29, 1.82) is 0 Å². The largest absolute Gasteiger partial charge is 0.489 e. The third-order valence-corrected chi connectivity index (χ3v) is 5.35. The van der Waals surface area contributed by atoms with Crippen molar-refractivity contribution in [1.82, 2.24) is 0 Å². The van der Waals surface area contributed by atoms with Gasteiger partial charge in [-0.05, 0) is 63.7 Å². The minimum Gasteiger partial charge on any atom is -0.489 e. The zero-order valence-electron chi connectivity index (χ0n) is 15.6. The molecule has 0 atom stereocenters. The lowest BCUT2D eigenvalue weighted by atomic mass is 10.0. The van der Waals surface area contributed by atoms with Crippen LogP contribution in [-0.2, 0) is 13.0 Å². The first-order valence-electron chi connectivity index (χ1n) is 9.31. The average molecular weight is 429 g/mol. The number of ether oxygens (including phenoxy) is 1. The number of fused-ring (bicyclic) bond motifs is 1. The minimum atomic E-state index is 0.560. The first-order chi connectivity index (χ1) is 13.7. The third-order valence-electron chi connectivity index (χ3n) is 4.82. The van der Waals surface area contributed by atoms with Gasteiger partial charge in [0.15, 0.2) is 0 Å². The summed E-state index contributed by atoms with van der Waals surface area (Å²) < 4.78 is 7.09. The van der Waals surface area contributed by atoms with Crippen molar-refractivity contribution >= 4 is 32.8 Å². The van der Waals surface area contributed by atoms with E-state index in [1.807, 2.05) is 12.1 Å². The van der Waals surface area contributed by atoms with Gasteiger partial charge in [-0.25, -0.2) is 0 Å². The van der Waals surface area contributed by atoms with Crippen LogP contribution in [0.3, 0.4) is 0 Å². The van der Waals surface area contributed by atoms with Crippen LogP contribution >= 0.6 is 15.9 Å². The molecule has 4 aromatic rings. The Kier molecular flexibility index (Phi) is 5.59. The molecule has 0 spiro atoms. The zero-order valence-corrected chi connectivity index (χ0v) is 17.2. The molecule has 138 valence electrons. The quantitative estimate of drug-likeness (QED) is 0.310. The molecule has 4 aromatic carbocycles. The fourth-order valence-corrected chi connectivity index (χ4v) is 3.49. The van der Waals surface area contributed by atoms with Gasteiger partial charge >= 0.3 is 0 Å². The Morgan fingerprint density at radius 3 is 2.11 bits per heavy atom. The predicted molar refractivity (Wildman–Crippen MR) is 122 cm³/mol. The first-order valence-corrected chi connectivity index (χ1v) is 10.1. The summed E-state index contributed by atoms with van der Waals surface area (Å²) in [5.74, 6) is 0.890. The second-order valence-electron chi connectivity index (χ2n) is 6.88. The summed E-state index contributed by atoms with van der Waals surface area (Å²) in [6.07, 6.45) is 2.78. The van der Waals surface area contributed by atoms with Gasteiger partial charge in [-0.3, -0.25) is 0 Å². The van der Waals surface area contributed by atoms with E-state index in [9.17, 15) is 0 Å². The van der Waals surface area contributed by atoms with E-state index in [-0.39, 0.29) is 0 Å². The Morgan fingerprint density at radius 2 is 1.36 bits per heavy atom. The fraction of sp³-hybridized carbons (Fsp3) is 0.0769. The number of hydrogen-bond donors (Lipinski definition) is 0. The Balaban J connectivity index is 1.46. The maximum atomic E-state index is 5.98. The number of benzene rings is 4. The molecule has 0 aliphatic heterocycles. The molecular weight excluding hydrogens is 408 g/mol. The molecule has 28 heavy (non-hydrogen) atoms. The standard InChI is InChI=1S/C26H21BrO/c1-2-19-3-5-21(6-4-19)18-28-26-14-11-23-16-22(7-10-24(23)17-26)15-20-8-12-25(27)13-9-20/h2-14,16-17H,1,15,18H2. The Bertz CT molecular complexity index is 1100. The van der Waals surface area contributed by atoms with Gasteiger partial charge in [0.2, 0.25) is 0 Å². The number of halogens is 1. The van der Waals surface area contributed by atoms with Gasteiger partial charge in [-0.15, -0.1) is 0 Å². The molecule has 0 heterocycles. The Hall–Kier alpha value is -2.84. The molecule has 0 aliphatic carbocycles. The number of rotatable bonds is 6. The van der Waals surface area contributed by atoms with Crippen LogP contribution in [0.1, 0.15) is 22.3 Å². The van der Waals surface area contributed by atoms with E-state index in [1.54, 1.807) is 0 Å². The molecule has 0 amide bonds. The summed E-state index contributed by atoms with van der Waals surface area (Å²) in [6, 6.07) is 29.7. The molecule has 0 saturated carbocycles. The molecule has 0 unspecified atom stereocenters. The summed E-state index contributed by atoms with van der Waals surface area (Å²) in [4.78, 5) is 0. The highest BCUT2D eigenvalue weighted by atomic mass is 79.9. The third kappa shape index (κ3) is 4.52. The highest BCUT2D eigenvalue weighted by molar-refractivity contribution is 9.10. The maximum Gasteiger partial charge on any atom is 0.120 e. The van der Waals surface area contributed by atoms with E-state index in [0.717, 1.165) is 27.8 Å². The molecule has 0 bridgehead atoms. The zero-order chi connectivity index (χ0) is 19.3. The van der Waals surface area contributed by atoms with Crippen molar-refractivity contribution < 1.29 is 4.74 Å². The molecule has 0 fully saturated rings. The van der Waals surface area contributed by atoms with Crippen LogP contribution in [0.25, 0.3) is 16.8 Å². The molecule has 1 nitrogen and oxygen atoms in total. The topological polar surface area (TPSA) is 9.23 Å². The van der Waals surface area contributed by atoms with Crippen LogP contribution in [0, 0.1) is 0 Å². The Morgan fingerprint density at radius 1 is 0.714 bits per heavy atom. The molecule has 0 aromatic heterocycles. The highest BCUT2D eigenvalue weighted by Gasteiger charge is 2.02. The SMILES string of the molecule is C=Cc1ccc(COc2ccc3cc(Cc4ccc(Br)cc4)ccc3c2)cc1. The van der Waals surface area contributed by atoms with Crippen LogP contribution in [0.4, 0.5) is 0 Å². The van der Waals surface area contributed by atoms with Crippen molar-refractivity contribution in [3.63, 3.8) is 0 Å². The second-order valence-corrected chi connectivity index (χ2v) is 7.80. The van der Waals surface area contributed by atoms with E-state index in [0.29, 0.717) is 6.61 Å². The summed E-state index contributed by atoms with van der Waals surface area (Å²) in [5, 5.41) is 2.43. The molecule has 2 heteroatoms. The molecule has 0 saturated heterocycles. The molecular formula is C26H21BrO. The molecule has 0 aliphatic rings. The normalized spacial score (nSPS) is 10.8. The number of hydrogen-bond acceptors (Lipinski definition) is 1. The van der Waals surface area contributed by atoms with E-state index >= 15 is 0 Å². The summed E-state index contributed by atoms with van der Waals surface area (Å²) >= 11 is 3.49. The predicted octanol–water partition coefficient (Wildman–Crippen LogP) is 7.42. The molecule has 4 rings (SSSR count). The van der Waals surface area contributed by atoms with Crippen LogP contribution < -0.4 is 4.74 Å². The van der Waals surface area contributed by atoms with Crippen molar-refractivity contribution in [2.24, 2.45) is 0 Å². The van der Waals surface area contributed by atoms with Crippen LogP contribution in [0.5, 0.6) is 5.75 Å². The second kappa shape index (κ2) is 8.45. The van der Waals surface area contributed by atoms with Crippen molar-refractivity contribution in [2.45, 2.75) is 13.0 Å². The maximum absolute atomic E-state index is 5.98. The molecule has 0 N–H and O–H groups in total. The van der Waals surface area contributed by atoms with Crippen molar-refractivity contribution in [2.75, 3.05) is 0 Å². The van der Waals surface area contributed by atoms with E-state index in [2.05, 4.69) is 101 Å². The van der Waals surface area contributed by atoms with E-state index in [1.165, 1.54) is 21.9 Å². The lowest BCUT2D eigenvalue weighted by Crippen LogP contribution is -1.95. The van der Waals surface area contributed by atoms with Gasteiger partial charge in [-0.2, -0.15) is 0 Å². The van der Waals surface area contributed by atoms with Crippen molar-refractivity contribution in [3.8, 4) is 5.75 Å². The highest BCUT2D eigenvalue weighted by Crippen LogP contribution is 2.24. The van der Waals surface area contributed by atoms with E-state index < -0.39 is 0 Å². The monoisotopic (exact) mass is 428 g/mol. The lowest BCUT2D eigenvalue weighted by molar-refractivity contribution is 0.306.